The monoisotopic (exact) mass is 370 g/mol. The molecule has 2 saturated heterocycles. The third-order valence-electron chi connectivity index (χ3n) is 6.05. The number of hydrogen-bond donors (Lipinski definition) is 0. The van der Waals surface area contributed by atoms with Gasteiger partial charge in [0.2, 0.25) is 0 Å². The minimum atomic E-state index is 0.148. The fourth-order valence-electron chi connectivity index (χ4n) is 4.61. The molecule has 0 N–H and O–H groups in total. The molecule has 3 unspecified atom stereocenters. The van der Waals surface area contributed by atoms with E-state index >= 15 is 0 Å². The second kappa shape index (κ2) is 6.44. The van der Waals surface area contributed by atoms with Crippen molar-refractivity contribution in [3.05, 3.63) is 17.8 Å². The maximum atomic E-state index is 5.74. The van der Waals surface area contributed by atoms with Crippen LogP contribution in [0, 0.1) is 18.8 Å². The van der Waals surface area contributed by atoms with Crippen molar-refractivity contribution >= 4 is 17.0 Å². The lowest BCUT2D eigenvalue weighted by Crippen LogP contribution is -2.45. The highest BCUT2D eigenvalue weighted by Crippen LogP contribution is 2.36. The standard InChI is InChI=1S/C19H26N6O2/c1-11(2)18-14-8-24(6-4-15(14)23-27-18)19-17-16(13-5-7-26-9-13)22-12(3)25(17)21-10-20-19/h10-11,13-14,18H,4-9H2,1-3H3. The van der Waals surface area contributed by atoms with Crippen molar-refractivity contribution in [3.8, 4) is 0 Å². The molecule has 0 bridgehead atoms. The van der Waals surface area contributed by atoms with Gasteiger partial charge in [-0.15, -0.1) is 0 Å². The van der Waals surface area contributed by atoms with Crippen LogP contribution in [-0.2, 0) is 9.57 Å². The molecule has 5 heterocycles. The van der Waals surface area contributed by atoms with Crippen LogP contribution in [0.1, 0.15) is 44.1 Å². The predicted molar refractivity (Wildman–Crippen MR) is 101 cm³/mol. The van der Waals surface area contributed by atoms with Crippen molar-refractivity contribution in [2.75, 3.05) is 31.2 Å². The quantitative estimate of drug-likeness (QED) is 0.824. The number of fused-ring (bicyclic) bond motifs is 2. The van der Waals surface area contributed by atoms with Crippen molar-refractivity contribution < 1.29 is 9.57 Å². The van der Waals surface area contributed by atoms with Gasteiger partial charge >= 0.3 is 0 Å². The topological polar surface area (TPSA) is 77.1 Å². The molecule has 27 heavy (non-hydrogen) atoms. The van der Waals surface area contributed by atoms with Gasteiger partial charge in [-0.25, -0.2) is 14.5 Å². The minimum absolute atomic E-state index is 0.148. The van der Waals surface area contributed by atoms with E-state index in [1.807, 2.05) is 11.4 Å². The highest BCUT2D eigenvalue weighted by atomic mass is 16.6. The molecule has 2 fully saturated rings. The number of aromatic nitrogens is 4. The molecule has 2 aromatic rings. The number of nitrogens with zero attached hydrogens (tertiary/aromatic N) is 6. The predicted octanol–water partition coefficient (Wildman–Crippen LogP) is 2.17. The van der Waals surface area contributed by atoms with E-state index in [-0.39, 0.29) is 6.10 Å². The Labute approximate surface area is 158 Å². The maximum absolute atomic E-state index is 5.74. The summed E-state index contributed by atoms with van der Waals surface area (Å²) in [5, 5.41) is 8.82. The van der Waals surface area contributed by atoms with Gasteiger partial charge in [0.05, 0.1) is 23.9 Å². The van der Waals surface area contributed by atoms with E-state index in [1.54, 1.807) is 6.33 Å². The lowest BCUT2D eigenvalue weighted by molar-refractivity contribution is 0.0295. The highest BCUT2D eigenvalue weighted by molar-refractivity contribution is 5.90. The Morgan fingerprint density at radius 2 is 2.19 bits per heavy atom. The Balaban J connectivity index is 1.54. The van der Waals surface area contributed by atoms with E-state index in [2.05, 4.69) is 29.0 Å². The summed E-state index contributed by atoms with van der Waals surface area (Å²) in [5.41, 5.74) is 3.30. The van der Waals surface area contributed by atoms with Crippen LogP contribution in [-0.4, -0.2) is 57.7 Å². The summed E-state index contributed by atoms with van der Waals surface area (Å²) >= 11 is 0. The molecular weight excluding hydrogens is 344 g/mol. The largest absolute Gasteiger partial charge is 0.391 e. The fourth-order valence-corrected chi connectivity index (χ4v) is 4.61. The van der Waals surface area contributed by atoms with Gasteiger partial charge in [-0.3, -0.25) is 0 Å². The lowest BCUT2D eigenvalue weighted by atomic mass is 9.86. The van der Waals surface area contributed by atoms with E-state index < -0.39 is 0 Å². The molecule has 3 aliphatic heterocycles. The minimum Gasteiger partial charge on any atom is -0.391 e. The fraction of sp³-hybridized carbons (Fsp3) is 0.684. The van der Waals surface area contributed by atoms with Crippen molar-refractivity contribution in [1.29, 1.82) is 0 Å². The first-order chi connectivity index (χ1) is 13.1. The van der Waals surface area contributed by atoms with E-state index in [0.29, 0.717) is 17.8 Å². The normalized spacial score (nSPS) is 27.9. The van der Waals surface area contributed by atoms with E-state index in [1.165, 1.54) is 5.71 Å². The van der Waals surface area contributed by atoms with Crippen molar-refractivity contribution in [2.45, 2.75) is 45.6 Å². The smallest absolute Gasteiger partial charge is 0.158 e. The summed E-state index contributed by atoms with van der Waals surface area (Å²) < 4.78 is 7.55. The molecular formula is C19H26N6O2. The van der Waals surface area contributed by atoms with E-state index in [0.717, 1.165) is 62.0 Å². The zero-order chi connectivity index (χ0) is 18.5. The van der Waals surface area contributed by atoms with Crippen LogP contribution >= 0.6 is 0 Å². The number of aryl methyl sites for hydroxylation is 1. The van der Waals surface area contributed by atoms with Crippen molar-refractivity contribution in [3.63, 3.8) is 0 Å². The van der Waals surface area contributed by atoms with Gasteiger partial charge in [0, 0.05) is 32.0 Å². The SMILES string of the molecule is Cc1nc(C2CCOC2)c2c(N3CCC4=NOC(C(C)C)C4C3)ncnn12. The van der Waals surface area contributed by atoms with Crippen LogP contribution in [0.25, 0.3) is 5.52 Å². The molecule has 8 heteroatoms. The number of oxime groups is 1. The Morgan fingerprint density at radius 3 is 2.96 bits per heavy atom. The Kier molecular flexibility index (Phi) is 4.03. The molecule has 3 aliphatic rings. The highest BCUT2D eigenvalue weighted by Gasteiger charge is 2.41. The zero-order valence-corrected chi connectivity index (χ0v) is 16.1. The maximum Gasteiger partial charge on any atom is 0.158 e. The third kappa shape index (κ3) is 2.69. The molecule has 0 aromatic carbocycles. The molecule has 0 saturated carbocycles. The summed E-state index contributed by atoms with van der Waals surface area (Å²) in [6, 6.07) is 0. The van der Waals surface area contributed by atoms with E-state index in [9.17, 15) is 0 Å². The number of hydrogen-bond acceptors (Lipinski definition) is 7. The van der Waals surface area contributed by atoms with Gasteiger partial charge in [0.1, 0.15) is 23.8 Å². The number of imidazole rings is 1. The van der Waals surface area contributed by atoms with E-state index in [4.69, 9.17) is 19.5 Å². The summed E-state index contributed by atoms with van der Waals surface area (Å²) in [6.07, 6.45) is 3.71. The molecule has 0 spiro atoms. The van der Waals surface area contributed by atoms with Crippen molar-refractivity contribution in [2.24, 2.45) is 17.0 Å². The molecule has 8 nitrogen and oxygen atoms in total. The van der Waals surface area contributed by atoms with Crippen LogP contribution in [0.2, 0.25) is 0 Å². The molecule has 2 aromatic heterocycles. The van der Waals surface area contributed by atoms with Crippen LogP contribution in [0.3, 0.4) is 0 Å². The second-order valence-electron chi connectivity index (χ2n) is 8.15. The van der Waals surface area contributed by atoms with Crippen LogP contribution in [0.5, 0.6) is 0 Å². The van der Waals surface area contributed by atoms with Gasteiger partial charge in [0.15, 0.2) is 5.82 Å². The second-order valence-corrected chi connectivity index (χ2v) is 8.15. The summed E-state index contributed by atoms with van der Waals surface area (Å²) in [7, 11) is 0. The number of ether oxygens (including phenoxy) is 1. The summed E-state index contributed by atoms with van der Waals surface area (Å²) in [5.74, 6) is 2.96. The van der Waals surface area contributed by atoms with Gasteiger partial charge in [-0.2, -0.15) is 5.10 Å². The average Bonchev–Trinajstić information content (AvgIpc) is 3.39. The molecule has 3 atom stereocenters. The first kappa shape index (κ1) is 16.9. The molecule has 5 rings (SSSR count). The van der Waals surface area contributed by atoms with Gasteiger partial charge in [0.25, 0.3) is 0 Å². The van der Waals surface area contributed by atoms with Crippen molar-refractivity contribution in [1.82, 2.24) is 19.6 Å². The van der Waals surface area contributed by atoms with Gasteiger partial charge in [-0.05, 0) is 19.3 Å². The number of anilines is 1. The third-order valence-corrected chi connectivity index (χ3v) is 6.05. The van der Waals surface area contributed by atoms with Crippen LogP contribution in [0.15, 0.2) is 11.5 Å². The Hall–Kier alpha value is -2.22. The molecule has 0 amide bonds. The summed E-state index contributed by atoms with van der Waals surface area (Å²) in [4.78, 5) is 17.6. The zero-order valence-electron chi connectivity index (χ0n) is 16.1. The first-order valence-electron chi connectivity index (χ1n) is 9.89. The summed E-state index contributed by atoms with van der Waals surface area (Å²) in [6.45, 7) is 9.69. The molecule has 144 valence electrons. The first-order valence-corrected chi connectivity index (χ1v) is 9.89. The molecule has 0 radical (unpaired) electrons. The van der Waals surface area contributed by atoms with Gasteiger partial charge < -0.3 is 14.5 Å². The van der Waals surface area contributed by atoms with Gasteiger partial charge in [-0.1, -0.05) is 19.0 Å². The van der Waals surface area contributed by atoms with Crippen LogP contribution in [0.4, 0.5) is 5.82 Å². The lowest BCUT2D eigenvalue weighted by Gasteiger charge is -2.34. The average molecular weight is 370 g/mol. The Morgan fingerprint density at radius 1 is 1.30 bits per heavy atom. The van der Waals surface area contributed by atoms with Crippen LogP contribution < -0.4 is 4.90 Å². The number of rotatable bonds is 3. The Bertz CT molecular complexity index is 886. The molecule has 0 aliphatic carbocycles. The number of piperidine rings is 1.